The SMILES string of the molecule is C[C@H]1C[C@H]2N(C)C(=O)C=C[C@]2(C)[C@H]2CC[C@]3(C)C[C@@H](Oc4ccccc4)C[C@H]3[C@H]12. The van der Waals surface area contributed by atoms with Crippen molar-refractivity contribution in [2.24, 2.45) is 34.5 Å². The van der Waals surface area contributed by atoms with Gasteiger partial charge < -0.3 is 9.64 Å². The highest BCUT2D eigenvalue weighted by Gasteiger charge is 2.61. The summed E-state index contributed by atoms with van der Waals surface area (Å²) in [5, 5.41) is 0. The Balaban J connectivity index is 1.43. The predicted molar refractivity (Wildman–Crippen MR) is 115 cm³/mol. The molecule has 3 heteroatoms. The van der Waals surface area contributed by atoms with E-state index < -0.39 is 0 Å². The molecule has 0 bridgehead atoms. The van der Waals surface area contributed by atoms with Gasteiger partial charge in [0.05, 0.1) is 6.10 Å². The van der Waals surface area contributed by atoms with Crippen LogP contribution < -0.4 is 4.74 Å². The molecule has 0 unspecified atom stereocenters. The number of carbonyl (C=O) groups is 1. The monoisotopic (exact) mass is 393 g/mol. The van der Waals surface area contributed by atoms with Crippen molar-refractivity contribution in [2.45, 2.75) is 65.0 Å². The third-order valence-corrected chi connectivity index (χ3v) is 9.28. The Morgan fingerprint density at radius 2 is 1.86 bits per heavy atom. The van der Waals surface area contributed by atoms with Crippen molar-refractivity contribution >= 4 is 5.91 Å². The van der Waals surface area contributed by atoms with Crippen LogP contribution in [0.2, 0.25) is 0 Å². The lowest BCUT2D eigenvalue weighted by atomic mass is 9.46. The highest BCUT2D eigenvalue weighted by molar-refractivity contribution is 5.89. The second kappa shape index (κ2) is 6.62. The third kappa shape index (κ3) is 2.87. The fraction of sp³-hybridized carbons (Fsp3) is 0.654. The normalized spacial score (nSPS) is 46.1. The highest BCUT2D eigenvalue weighted by atomic mass is 16.5. The number of hydrogen-bond donors (Lipinski definition) is 0. The largest absolute Gasteiger partial charge is 0.490 e. The molecule has 1 aliphatic heterocycles. The first kappa shape index (κ1) is 19.2. The Bertz CT molecular complexity index is 819. The van der Waals surface area contributed by atoms with Gasteiger partial charge in [0.15, 0.2) is 0 Å². The van der Waals surface area contributed by atoms with Gasteiger partial charge in [-0.3, -0.25) is 4.79 Å². The van der Waals surface area contributed by atoms with Crippen LogP contribution in [0.4, 0.5) is 0 Å². The summed E-state index contributed by atoms with van der Waals surface area (Å²) in [5.74, 6) is 3.95. The Morgan fingerprint density at radius 3 is 2.62 bits per heavy atom. The minimum atomic E-state index is 0.111. The van der Waals surface area contributed by atoms with Gasteiger partial charge in [0.25, 0.3) is 0 Å². The summed E-state index contributed by atoms with van der Waals surface area (Å²) in [7, 11) is 2.01. The van der Waals surface area contributed by atoms with Gasteiger partial charge in [0.1, 0.15) is 5.75 Å². The van der Waals surface area contributed by atoms with Crippen molar-refractivity contribution in [3.05, 3.63) is 42.5 Å². The summed E-state index contributed by atoms with van der Waals surface area (Å²) >= 11 is 0. The topological polar surface area (TPSA) is 29.5 Å². The van der Waals surface area contributed by atoms with E-state index in [4.69, 9.17) is 4.74 Å². The molecule has 3 saturated carbocycles. The number of carbonyl (C=O) groups excluding carboxylic acids is 1. The van der Waals surface area contributed by atoms with Crippen molar-refractivity contribution in [3.63, 3.8) is 0 Å². The number of ether oxygens (including phenoxy) is 1. The molecule has 1 amide bonds. The van der Waals surface area contributed by atoms with E-state index >= 15 is 0 Å². The molecule has 8 atom stereocenters. The molecule has 0 aromatic heterocycles. The molecular weight excluding hydrogens is 358 g/mol. The summed E-state index contributed by atoms with van der Waals surface area (Å²) in [6.07, 6.45) is 10.5. The van der Waals surface area contributed by atoms with Gasteiger partial charge in [-0.05, 0) is 79.4 Å². The Kier molecular flexibility index (Phi) is 4.38. The number of rotatable bonds is 2. The van der Waals surface area contributed by atoms with Crippen LogP contribution in [0, 0.1) is 34.5 Å². The quantitative estimate of drug-likeness (QED) is 0.681. The number of nitrogens with zero attached hydrogens (tertiary/aromatic N) is 1. The summed E-state index contributed by atoms with van der Waals surface area (Å²) in [6, 6.07) is 10.7. The molecule has 29 heavy (non-hydrogen) atoms. The fourth-order valence-electron chi connectivity index (χ4n) is 7.83. The number of fused-ring (bicyclic) bond motifs is 5. The van der Waals surface area contributed by atoms with Gasteiger partial charge in [0.2, 0.25) is 5.91 Å². The van der Waals surface area contributed by atoms with E-state index in [9.17, 15) is 4.79 Å². The van der Waals surface area contributed by atoms with E-state index in [0.29, 0.717) is 29.4 Å². The second-order valence-corrected chi connectivity index (χ2v) is 10.9. The maximum atomic E-state index is 12.3. The average Bonchev–Trinajstić information content (AvgIpc) is 3.03. The van der Waals surface area contributed by atoms with Crippen LogP contribution in [-0.2, 0) is 4.79 Å². The van der Waals surface area contributed by atoms with E-state index in [-0.39, 0.29) is 11.3 Å². The van der Waals surface area contributed by atoms with E-state index in [0.717, 1.165) is 24.0 Å². The van der Waals surface area contributed by atoms with Crippen LogP contribution in [-0.4, -0.2) is 30.0 Å². The van der Waals surface area contributed by atoms with Crippen LogP contribution in [0.25, 0.3) is 0 Å². The molecule has 0 radical (unpaired) electrons. The third-order valence-electron chi connectivity index (χ3n) is 9.28. The highest BCUT2D eigenvalue weighted by Crippen LogP contribution is 2.65. The van der Waals surface area contributed by atoms with E-state index in [1.807, 2.05) is 24.1 Å². The first-order chi connectivity index (χ1) is 13.8. The number of para-hydroxylation sites is 1. The smallest absolute Gasteiger partial charge is 0.246 e. The maximum absolute atomic E-state index is 12.3. The van der Waals surface area contributed by atoms with Crippen molar-refractivity contribution in [1.82, 2.24) is 4.90 Å². The zero-order valence-electron chi connectivity index (χ0n) is 18.3. The molecule has 4 aliphatic rings. The molecule has 5 rings (SSSR count). The van der Waals surface area contributed by atoms with Crippen LogP contribution in [0.5, 0.6) is 5.75 Å². The zero-order chi connectivity index (χ0) is 20.4. The van der Waals surface area contributed by atoms with Crippen molar-refractivity contribution < 1.29 is 9.53 Å². The number of hydrogen-bond acceptors (Lipinski definition) is 2. The number of benzene rings is 1. The van der Waals surface area contributed by atoms with Crippen molar-refractivity contribution in [2.75, 3.05) is 7.05 Å². The first-order valence-electron chi connectivity index (χ1n) is 11.5. The second-order valence-electron chi connectivity index (χ2n) is 10.9. The van der Waals surface area contributed by atoms with Crippen LogP contribution >= 0.6 is 0 Å². The summed E-state index contributed by atoms with van der Waals surface area (Å²) < 4.78 is 6.44. The molecular formula is C26H35NO2. The van der Waals surface area contributed by atoms with Crippen LogP contribution in [0.15, 0.2) is 42.5 Å². The molecule has 1 heterocycles. The van der Waals surface area contributed by atoms with Gasteiger partial charge in [-0.2, -0.15) is 0 Å². The van der Waals surface area contributed by atoms with E-state index in [1.54, 1.807) is 0 Å². The predicted octanol–water partition coefficient (Wildman–Crippen LogP) is 5.32. The van der Waals surface area contributed by atoms with Crippen molar-refractivity contribution in [1.29, 1.82) is 0 Å². The molecule has 1 aromatic carbocycles. The maximum Gasteiger partial charge on any atom is 0.246 e. The fourth-order valence-corrected chi connectivity index (χ4v) is 7.83. The standard InChI is InChI=1S/C26H35NO2/c1-17-14-22-26(3,13-11-23(28)27(22)4)20-10-12-25(2)16-19(15-21(25)24(17)20)29-18-8-6-5-7-9-18/h5-9,11,13,17,19-22,24H,10,12,14-16H2,1-4H3/t17-,19-,20-,21-,22+,24+,25+,26+/m0/s1. The number of amides is 1. The van der Waals surface area contributed by atoms with E-state index in [1.165, 1.54) is 25.7 Å². The first-order valence-corrected chi connectivity index (χ1v) is 11.5. The Labute approximate surface area is 175 Å². The van der Waals surface area contributed by atoms with Gasteiger partial charge in [-0.1, -0.05) is 45.0 Å². The number of likely N-dealkylation sites (N-methyl/N-ethyl adjacent to an activating group) is 1. The minimum Gasteiger partial charge on any atom is -0.490 e. The average molecular weight is 394 g/mol. The molecule has 156 valence electrons. The lowest BCUT2D eigenvalue weighted by Gasteiger charge is -2.61. The van der Waals surface area contributed by atoms with Crippen LogP contribution in [0.1, 0.15) is 52.9 Å². The van der Waals surface area contributed by atoms with E-state index in [2.05, 4.69) is 51.1 Å². The van der Waals surface area contributed by atoms with Gasteiger partial charge in [-0.15, -0.1) is 0 Å². The van der Waals surface area contributed by atoms with Gasteiger partial charge >= 0.3 is 0 Å². The molecule has 3 fully saturated rings. The molecule has 0 saturated heterocycles. The molecule has 3 aliphatic carbocycles. The lowest BCUT2D eigenvalue weighted by Crippen LogP contribution is -2.61. The van der Waals surface area contributed by atoms with Gasteiger partial charge in [0, 0.05) is 18.5 Å². The molecule has 3 nitrogen and oxygen atoms in total. The molecule has 0 N–H and O–H groups in total. The summed E-state index contributed by atoms with van der Waals surface area (Å²) in [4.78, 5) is 14.4. The summed E-state index contributed by atoms with van der Waals surface area (Å²) in [5.41, 5.74) is 0.498. The Hall–Kier alpha value is -1.77. The molecule has 0 spiro atoms. The Morgan fingerprint density at radius 1 is 1.10 bits per heavy atom. The lowest BCUT2D eigenvalue weighted by molar-refractivity contribution is -0.143. The minimum absolute atomic E-state index is 0.111. The summed E-state index contributed by atoms with van der Waals surface area (Å²) in [6.45, 7) is 7.40. The zero-order valence-corrected chi connectivity index (χ0v) is 18.3. The van der Waals surface area contributed by atoms with Crippen LogP contribution in [0.3, 0.4) is 0 Å². The molecule has 1 aromatic rings. The van der Waals surface area contributed by atoms with Gasteiger partial charge in [-0.25, -0.2) is 0 Å². The van der Waals surface area contributed by atoms with Crippen molar-refractivity contribution in [3.8, 4) is 5.75 Å².